The number of hydrogen-bond acceptors (Lipinski definition) is 7. The van der Waals surface area contributed by atoms with Crippen LogP contribution in [0.25, 0.3) is 33.5 Å². The van der Waals surface area contributed by atoms with E-state index in [9.17, 15) is 4.79 Å². The van der Waals surface area contributed by atoms with Crippen LogP contribution in [-0.4, -0.2) is 53.9 Å². The number of esters is 1. The van der Waals surface area contributed by atoms with Gasteiger partial charge in [-0.05, 0) is 63.5 Å². The number of carbonyl (C=O) groups excluding carboxylic acids is 1. The third-order valence-electron chi connectivity index (χ3n) is 5.79. The number of nitrogens with one attached hydrogen (secondary N) is 1. The Labute approximate surface area is 215 Å². The highest BCUT2D eigenvalue weighted by atomic mass is 79.9. The SMILES string of the molecule is CCOC(=O)c1cccc2nc(OCC)n(Cc3ccc(-c4c(-c5nnn[nH]5)cn(C)c4Br)cc3)c12. The Kier molecular flexibility index (Phi) is 6.55. The lowest BCUT2D eigenvalue weighted by atomic mass is 10.0. The molecule has 0 spiro atoms. The number of aromatic amines is 1. The second-order valence-corrected chi connectivity index (χ2v) is 8.82. The Morgan fingerprint density at radius 1 is 1.11 bits per heavy atom. The van der Waals surface area contributed by atoms with Gasteiger partial charge < -0.3 is 14.0 Å². The van der Waals surface area contributed by atoms with Crippen LogP contribution in [0.1, 0.15) is 29.8 Å². The quantitative estimate of drug-likeness (QED) is 0.281. The van der Waals surface area contributed by atoms with Crippen molar-refractivity contribution in [2.75, 3.05) is 13.2 Å². The average molecular weight is 550 g/mol. The van der Waals surface area contributed by atoms with E-state index >= 15 is 0 Å². The molecule has 0 fully saturated rings. The van der Waals surface area contributed by atoms with E-state index < -0.39 is 0 Å². The number of rotatable bonds is 8. The maximum atomic E-state index is 12.7. The van der Waals surface area contributed by atoms with Gasteiger partial charge in [-0.25, -0.2) is 9.89 Å². The number of fused-ring (bicyclic) bond motifs is 1. The van der Waals surface area contributed by atoms with E-state index in [1.165, 1.54) is 0 Å². The summed E-state index contributed by atoms with van der Waals surface area (Å²) in [6.07, 6.45) is 1.97. The van der Waals surface area contributed by atoms with Gasteiger partial charge in [-0.2, -0.15) is 4.98 Å². The molecule has 184 valence electrons. The van der Waals surface area contributed by atoms with E-state index in [1.807, 2.05) is 47.5 Å². The van der Waals surface area contributed by atoms with Crippen LogP contribution >= 0.6 is 15.9 Å². The Hall–Kier alpha value is -3.99. The molecule has 0 aliphatic rings. The van der Waals surface area contributed by atoms with Gasteiger partial charge in [0.2, 0.25) is 0 Å². The smallest absolute Gasteiger partial charge is 0.340 e. The molecule has 0 unspecified atom stereocenters. The first-order valence-electron chi connectivity index (χ1n) is 11.5. The van der Waals surface area contributed by atoms with Crippen LogP contribution in [0.2, 0.25) is 0 Å². The molecule has 0 saturated carbocycles. The number of para-hydroxylation sites is 1. The highest BCUT2D eigenvalue weighted by molar-refractivity contribution is 9.10. The molecule has 0 saturated heterocycles. The minimum absolute atomic E-state index is 0.296. The van der Waals surface area contributed by atoms with E-state index in [2.05, 4.69) is 53.7 Å². The van der Waals surface area contributed by atoms with Crippen LogP contribution in [0.5, 0.6) is 6.01 Å². The van der Waals surface area contributed by atoms with Gasteiger partial charge in [0.05, 0.1) is 41.0 Å². The van der Waals surface area contributed by atoms with Crippen LogP contribution < -0.4 is 4.74 Å². The lowest BCUT2D eigenvalue weighted by Crippen LogP contribution is -2.10. The van der Waals surface area contributed by atoms with Gasteiger partial charge in [0, 0.05) is 24.4 Å². The van der Waals surface area contributed by atoms with Crippen molar-refractivity contribution < 1.29 is 14.3 Å². The lowest BCUT2D eigenvalue weighted by molar-refractivity contribution is 0.0528. The normalized spacial score (nSPS) is 11.2. The van der Waals surface area contributed by atoms with Crippen LogP contribution in [0, 0.1) is 0 Å². The molecule has 2 aromatic carbocycles. The number of nitrogens with zero attached hydrogens (tertiary/aromatic N) is 6. The second kappa shape index (κ2) is 9.94. The van der Waals surface area contributed by atoms with Crippen molar-refractivity contribution in [1.82, 2.24) is 34.7 Å². The van der Waals surface area contributed by atoms with Crippen molar-refractivity contribution in [2.45, 2.75) is 20.4 Å². The highest BCUT2D eigenvalue weighted by Crippen LogP contribution is 2.38. The van der Waals surface area contributed by atoms with Gasteiger partial charge in [0.15, 0.2) is 5.82 Å². The van der Waals surface area contributed by atoms with Crippen LogP contribution in [0.4, 0.5) is 0 Å². The molecule has 0 atom stereocenters. The third kappa shape index (κ3) is 4.26. The number of imidazole rings is 1. The zero-order chi connectivity index (χ0) is 25.2. The van der Waals surface area contributed by atoms with Crippen LogP contribution in [-0.2, 0) is 18.3 Å². The number of H-pyrrole nitrogens is 1. The summed E-state index contributed by atoms with van der Waals surface area (Å²) in [5.41, 5.74) is 5.73. The fraction of sp³-hybridized carbons (Fsp3) is 0.240. The summed E-state index contributed by atoms with van der Waals surface area (Å²) in [5.74, 6) is 0.208. The average Bonchev–Trinajstić information content (AvgIpc) is 3.59. The molecule has 11 heteroatoms. The number of benzene rings is 2. The number of ether oxygens (including phenoxy) is 2. The molecule has 3 heterocycles. The van der Waals surface area contributed by atoms with Gasteiger partial charge in [-0.1, -0.05) is 30.3 Å². The maximum Gasteiger partial charge on any atom is 0.340 e. The monoisotopic (exact) mass is 549 g/mol. The van der Waals surface area contributed by atoms with Gasteiger partial charge in [0.25, 0.3) is 6.01 Å². The highest BCUT2D eigenvalue weighted by Gasteiger charge is 2.21. The van der Waals surface area contributed by atoms with E-state index in [0.717, 1.165) is 26.9 Å². The number of halogens is 1. The van der Waals surface area contributed by atoms with Crippen molar-refractivity contribution in [3.05, 3.63) is 64.4 Å². The summed E-state index contributed by atoms with van der Waals surface area (Å²) in [6, 6.07) is 14.1. The molecule has 5 aromatic rings. The molecule has 0 aliphatic heterocycles. The molecule has 36 heavy (non-hydrogen) atoms. The number of aryl methyl sites for hydroxylation is 1. The summed E-state index contributed by atoms with van der Waals surface area (Å²) in [4.78, 5) is 17.3. The minimum atomic E-state index is -0.383. The molecular formula is C25H24BrN7O3. The van der Waals surface area contributed by atoms with E-state index in [1.54, 1.807) is 19.1 Å². The Morgan fingerprint density at radius 2 is 1.92 bits per heavy atom. The molecule has 0 bridgehead atoms. The standard InChI is InChI=1S/C25H24BrN7O3/c1-4-35-24(34)17-7-6-8-19-21(17)33(25(27-19)36-5-2)13-15-9-11-16(12-10-15)20-18(14-32(3)22(20)26)23-28-30-31-29-23/h6-12,14H,4-5,13H2,1-3H3,(H,28,29,30,31). The molecule has 3 aromatic heterocycles. The topological polar surface area (TPSA) is 113 Å². The molecule has 5 rings (SSSR count). The van der Waals surface area contributed by atoms with Crippen LogP contribution in [0.3, 0.4) is 0 Å². The Morgan fingerprint density at radius 3 is 2.61 bits per heavy atom. The van der Waals surface area contributed by atoms with E-state index in [-0.39, 0.29) is 5.97 Å². The summed E-state index contributed by atoms with van der Waals surface area (Å²) in [5, 5.41) is 14.3. The third-order valence-corrected chi connectivity index (χ3v) is 6.75. The van der Waals surface area contributed by atoms with E-state index in [4.69, 9.17) is 9.47 Å². The number of carbonyl (C=O) groups is 1. The van der Waals surface area contributed by atoms with Crippen molar-refractivity contribution in [3.8, 4) is 28.5 Å². The van der Waals surface area contributed by atoms with Gasteiger partial charge >= 0.3 is 5.97 Å². The fourth-order valence-corrected chi connectivity index (χ4v) is 4.76. The van der Waals surface area contributed by atoms with Crippen molar-refractivity contribution in [2.24, 2.45) is 7.05 Å². The Bertz CT molecular complexity index is 1520. The van der Waals surface area contributed by atoms with E-state index in [0.29, 0.717) is 48.2 Å². The largest absolute Gasteiger partial charge is 0.465 e. The first kappa shape index (κ1) is 23.7. The Balaban J connectivity index is 1.54. The van der Waals surface area contributed by atoms with Crippen molar-refractivity contribution in [1.29, 1.82) is 0 Å². The molecule has 0 radical (unpaired) electrons. The van der Waals surface area contributed by atoms with Crippen LogP contribution in [0.15, 0.2) is 53.3 Å². The van der Waals surface area contributed by atoms with Crippen molar-refractivity contribution in [3.63, 3.8) is 0 Å². The molecular weight excluding hydrogens is 526 g/mol. The molecule has 0 amide bonds. The number of tetrazole rings is 1. The zero-order valence-corrected chi connectivity index (χ0v) is 21.6. The first-order valence-corrected chi connectivity index (χ1v) is 12.3. The summed E-state index contributed by atoms with van der Waals surface area (Å²) in [6.45, 7) is 4.92. The lowest BCUT2D eigenvalue weighted by Gasteiger charge is -2.12. The second-order valence-electron chi connectivity index (χ2n) is 8.07. The van der Waals surface area contributed by atoms with Gasteiger partial charge in [0.1, 0.15) is 0 Å². The first-order chi connectivity index (χ1) is 17.5. The predicted molar refractivity (Wildman–Crippen MR) is 138 cm³/mol. The summed E-state index contributed by atoms with van der Waals surface area (Å²) < 4.78 is 15.9. The number of aromatic nitrogens is 7. The van der Waals surface area contributed by atoms with Gasteiger partial charge in [-0.15, -0.1) is 5.10 Å². The predicted octanol–water partition coefficient (Wildman–Crippen LogP) is 4.61. The fourth-order valence-electron chi connectivity index (χ4n) is 4.21. The molecule has 10 nitrogen and oxygen atoms in total. The summed E-state index contributed by atoms with van der Waals surface area (Å²) >= 11 is 3.69. The number of hydrogen-bond donors (Lipinski definition) is 1. The zero-order valence-electron chi connectivity index (χ0n) is 20.0. The van der Waals surface area contributed by atoms with Crippen molar-refractivity contribution >= 4 is 32.9 Å². The maximum absolute atomic E-state index is 12.7. The molecule has 1 N–H and O–H groups in total. The van der Waals surface area contributed by atoms with Gasteiger partial charge in [-0.3, -0.25) is 4.57 Å². The minimum Gasteiger partial charge on any atom is -0.465 e. The summed E-state index contributed by atoms with van der Waals surface area (Å²) in [7, 11) is 1.95. The molecule has 0 aliphatic carbocycles.